The van der Waals surface area contributed by atoms with Crippen molar-refractivity contribution >= 4 is 23.2 Å². The molecule has 0 aliphatic heterocycles. The van der Waals surface area contributed by atoms with Crippen LogP contribution in [-0.4, -0.2) is 36.2 Å². The first-order chi connectivity index (χ1) is 11.7. The number of thiazole rings is 1. The van der Waals surface area contributed by atoms with E-state index in [2.05, 4.69) is 4.98 Å². The summed E-state index contributed by atoms with van der Waals surface area (Å²) in [6.07, 6.45) is -4.54. The predicted octanol–water partition coefficient (Wildman–Crippen LogP) is 3.09. The van der Waals surface area contributed by atoms with Gasteiger partial charge in [-0.25, -0.2) is 14.2 Å². The van der Waals surface area contributed by atoms with Crippen LogP contribution in [-0.2, 0) is 9.53 Å². The summed E-state index contributed by atoms with van der Waals surface area (Å²) in [4.78, 5) is 27.5. The third-order valence-electron chi connectivity index (χ3n) is 2.89. The Hall–Kier alpha value is -2.49. The Balaban J connectivity index is 1.98. The van der Waals surface area contributed by atoms with Crippen molar-refractivity contribution in [2.75, 3.05) is 13.2 Å². The molecule has 1 N–H and O–H groups in total. The second kappa shape index (κ2) is 7.60. The number of benzene rings is 1. The smallest absolute Gasteiger partial charge is 0.405 e. The fourth-order valence-electron chi connectivity index (χ4n) is 1.75. The molecule has 25 heavy (non-hydrogen) atoms. The SMILES string of the molecule is Cc1nc(-c2ccc(F)cc2)sc1C(=O)OCC(=O)NCC(F)(F)F. The van der Waals surface area contributed by atoms with Gasteiger partial charge in [0.15, 0.2) is 6.61 Å². The van der Waals surface area contributed by atoms with Gasteiger partial charge in [-0.05, 0) is 31.2 Å². The number of hydrogen-bond donors (Lipinski definition) is 1. The maximum atomic E-state index is 12.9. The number of alkyl halides is 3. The van der Waals surface area contributed by atoms with Crippen LogP contribution in [0.1, 0.15) is 15.4 Å². The van der Waals surface area contributed by atoms with Crippen molar-refractivity contribution in [2.24, 2.45) is 0 Å². The Morgan fingerprint density at radius 3 is 2.48 bits per heavy atom. The summed E-state index contributed by atoms with van der Waals surface area (Å²) in [5.74, 6) is -2.35. The molecule has 0 saturated carbocycles. The van der Waals surface area contributed by atoms with E-state index in [9.17, 15) is 27.2 Å². The monoisotopic (exact) mass is 376 g/mol. The number of ether oxygens (including phenoxy) is 1. The van der Waals surface area contributed by atoms with E-state index in [1.54, 1.807) is 12.2 Å². The zero-order valence-electron chi connectivity index (χ0n) is 12.8. The van der Waals surface area contributed by atoms with E-state index in [1.807, 2.05) is 0 Å². The summed E-state index contributed by atoms with van der Waals surface area (Å²) in [5.41, 5.74) is 0.932. The number of nitrogens with one attached hydrogen (secondary N) is 1. The van der Waals surface area contributed by atoms with E-state index < -0.39 is 37.0 Å². The quantitative estimate of drug-likeness (QED) is 0.643. The lowest BCUT2D eigenvalue weighted by molar-refractivity contribution is -0.140. The summed E-state index contributed by atoms with van der Waals surface area (Å²) >= 11 is 0.976. The highest BCUT2D eigenvalue weighted by Gasteiger charge is 2.28. The van der Waals surface area contributed by atoms with E-state index in [1.165, 1.54) is 24.3 Å². The molecule has 0 unspecified atom stereocenters. The topological polar surface area (TPSA) is 68.3 Å². The lowest BCUT2D eigenvalue weighted by atomic mass is 10.2. The van der Waals surface area contributed by atoms with Crippen LogP contribution >= 0.6 is 11.3 Å². The lowest BCUT2D eigenvalue weighted by Crippen LogP contribution is -2.36. The number of esters is 1. The molecule has 0 aliphatic rings. The second-order valence-corrected chi connectivity index (χ2v) is 5.91. The first kappa shape index (κ1) is 18.8. The highest BCUT2D eigenvalue weighted by atomic mass is 32.1. The minimum atomic E-state index is -4.54. The van der Waals surface area contributed by atoms with Gasteiger partial charge in [0.25, 0.3) is 5.91 Å². The van der Waals surface area contributed by atoms with E-state index in [-0.39, 0.29) is 4.88 Å². The van der Waals surface area contributed by atoms with Gasteiger partial charge in [-0.3, -0.25) is 4.79 Å². The molecule has 5 nitrogen and oxygen atoms in total. The minimum Gasteiger partial charge on any atom is -0.451 e. The molecule has 134 valence electrons. The number of aryl methyl sites for hydroxylation is 1. The molecule has 10 heteroatoms. The molecular formula is C15H12F4N2O3S. The third-order valence-corrected chi connectivity index (χ3v) is 4.08. The number of amides is 1. The van der Waals surface area contributed by atoms with E-state index >= 15 is 0 Å². The van der Waals surface area contributed by atoms with Gasteiger partial charge in [-0.2, -0.15) is 13.2 Å². The molecule has 0 radical (unpaired) electrons. The van der Waals surface area contributed by atoms with Gasteiger partial charge in [0.2, 0.25) is 0 Å². The Bertz CT molecular complexity index is 772. The van der Waals surface area contributed by atoms with Gasteiger partial charge in [0, 0.05) is 5.56 Å². The van der Waals surface area contributed by atoms with Crippen molar-refractivity contribution in [1.29, 1.82) is 0 Å². The van der Waals surface area contributed by atoms with Crippen LogP contribution in [0.15, 0.2) is 24.3 Å². The largest absolute Gasteiger partial charge is 0.451 e. The Morgan fingerprint density at radius 2 is 1.88 bits per heavy atom. The maximum Gasteiger partial charge on any atom is 0.405 e. The average molecular weight is 376 g/mol. The predicted molar refractivity (Wildman–Crippen MR) is 81.6 cm³/mol. The molecule has 0 aliphatic carbocycles. The first-order valence-electron chi connectivity index (χ1n) is 6.89. The zero-order chi connectivity index (χ0) is 18.6. The number of rotatable bonds is 5. The number of carbonyl (C=O) groups excluding carboxylic acids is 2. The summed E-state index contributed by atoms with van der Waals surface area (Å²) in [5, 5.41) is 2.04. The fraction of sp³-hybridized carbons (Fsp3) is 0.267. The van der Waals surface area contributed by atoms with Gasteiger partial charge in [-0.15, -0.1) is 11.3 Å². The van der Waals surface area contributed by atoms with Crippen molar-refractivity contribution in [3.8, 4) is 10.6 Å². The number of carbonyl (C=O) groups is 2. The van der Waals surface area contributed by atoms with Crippen molar-refractivity contribution in [1.82, 2.24) is 10.3 Å². The molecule has 1 aromatic carbocycles. The highest BCUT2D eigenvalue weighted by molar-refractivity contribution is 7.17. The summed E-state index contributed by atoms with van der Waals surface area (Å²) < 4.78 is 53.5. The Kier molecular flexibility index (Phi) is 5.73. The third kappa shape index (κ3) is 5.52. The highest BCUT2D eigenvalue weighted by Crippen LogP contribution is 2.28. The van der Waals surface area contributed by atoms with Crippen LogP contribution in [0, 0.1) is 12.7 Å². The molecule has 1 aromatic heterocycles. The molecule has 0 spiro atoms. The average Bonchev–Trinajstić information content (AvgIpc) is 2.92. The molecule has 0 bridgehead atoms. The molecule has 2 rings (SSSR count). The standard InChI is InChI=1S/C15H12F4N2O3S/c1-8-12(14(23)24-6-11(22)20-7-15(17,18)19)25-13(21-8)9-2-4-10(16)5-3-9/h2-5H,6-7H2,1H3,(H,20,22). The minimum absolute atomic E-state index is 0.114. The van der Waals surface area contributed by atoms with Crippen molar-refractivity contribution in [3.63, 3.8) is 0 Å². The number of aromatic nitrogens is 1. The maximum absolute atomic E-state index is 12.9. The number of nitrogens with zero attached hydrogens (tertiary/aromatic N) is 1. The van der Waals surface area contributed by atoms with E-state index in [0.29, 0.717) is 16.3 Å². The molecule has 0 atom stereocenters. The first-order valence-corrected chi connectivity index (χ1v) is 7.71. The normalized spacial score (nSPS) is 11.2. The summed E-state index contributed by atoms with van der Waals surface area (Å²) in [6.45, 7) is -0.792. The molecule has 0 saturated heterocycles. The van der Waals surface area contributed by atoms with Crippen LogP contribution in [0.2, 0.25) is 0 Å². The Labute approximate surface area is 143 Å². The van der Waals surface area contributed by atoms with Crippen LogP contribution in [0.4, 0.5) is 17.6 Å². The van der Waals surface area contributed by atoms with Gasteiger partial charge in [0.05, 0.1) is 5.69 Å². The number of hydrogen-bond acceptors (Lipinski definition) is 5. The van der Waals surface area contributed by atoms with Crippen molar-refractivity contribution in [3.05, 3.63) is 40.7 Å². The van der Waals surface area contributed by atoms with Crippen molar-refractivity contribution < 1.29 is 31.9 Å². The zero-order valence-corrected chi connectivity index (χ0v) is 13.6. The summed E-state index contributed by atoms with van der Waals surface area (Å²) in [7, 11) is 0. The lowest BCUT2D eigenvalue weighted by Gasteiger charge is -2.08. The van der Waals surface area contributed by atoms with Gasteiger partial charge in [-0.1, -0.05) is 0 Å². The van der Waals surface area contributed by atoms with Crippen LogP contribution in [0.3, 0.4) is 0 Å². The second-order valence-electron chi connectivity index (χ2n) is 4.91. The Morgan fingerprint density at radius 1 is 1.24 bits per heavy atom. The van der Waals surface area contributed by atoms with Crippen LogP contribution in [0.25, 0.3) is 10.6 Å². The molecule has 1 heterocycles. The van der Waals surface area contributed by atoms with Gasteiger partial charge < -0.3 is 10.1 Å². The van der Waals surface area contributed by atoms with Gasteiger partial charge >= 0.3 is 12.1 Å². The van der Waals surface area contributed by atoms with E-state index in [0.717, 1.165) is 11.3 Å². The van der Waals surface area contributed by atoms with E-state index in [4.69, 9.17) is 4.74 Å². The van der Waals surface area contributed by atoms with Crippen LogP contribution < -0.4 is 5.32 Å². The molecular weight excluding hydrogens is 364 g/mol. The van der Waals surface area contributed by atoms with Gasteiger partial charge in [0.1, 0.15) is 22.2 Å². The fourth-order valence-corrected chi connectivity index (χ4v) is 2.71. The number of halogens is 4. The molecule has 0 fully saturated rings. The van der Waals surface area contributed by atoms with Crippen LogP contribution in [0.5, 0.6) is 0 Å². The molecule has 1 amide bonds. The van der Waals surface area contributed by atoms with Crippen molar-refractivity contribution in [2.45, 2.75) is 13.1 Å². The summed E-state index contributed by atoms with van der Waals surface area (Å²) in [6, 6.07) is 5.48. The molecule has 2 aromatic rings.